The fourth-order valence-electron chi connectivity index (χ4n) is 4.07. The van der Waals surface area contributed by atoms with Gasteiger partial charge in [-0.05, 0) is 50.3 Å². The van der Waals surface area contributed by atoms with Crippen LogP contribution < -0.4 is 10.2 Å². The van der Waals surface area contributed by atoms with Crippen LogP contribution in [-0.4, -0.2) is 34.8 Å². The van der Waals surface area contributed by atoms with Gasteiger partial charge in [-0.15, -0.1) is 0 Å². The molecule has 0 saturated carbocycles. The third-order valence-electron chi connectivity index (χ3n) is 5.84. The molecule has 1 fully saturated rings. The zero-order valence-electron chi connectivity index (χ0n) is 17.9. The second-order valence-electron chi connectivity index (χ2n) is 8.11. The van der Waals surface area contributed by atoms with Gasteiger partial charge in [-0.2, -0.15) is 18.3 Å². The topological polar surface area (TPSA) is 50.2 Å². The second kappa shape index (κ2) is 9.69. The molecule has 32 heavy (non-hydrogen) atoms. The highest BCUT2D eigenvalue weighted by molar-refractivity contribution is 6.36. The molecular weight excluding hydrogens is 488 g/mol. The van der Waals surface area contributed by atoms with Crippen LogP contribution in [0.25, 0.3) is 0 Å². The van der Waals surface area contributed by atoms with Gasteiger partial charge in [0.05, 0.1) is 34.0 Å². The van der Waals surface area contributed by atoms with Crippen molar-refractivity contribution in [2.24, 2.45) is 5.92 Å². The minimum Gasteiger partial charge on any atom is -0.370 e. The van der Waals surface area contributed by atoms with Crippen LogP contribution in [0.2, 0.25) is 15.1 Å². The van der Waals surface area contributed by atoms with E-state index in [1.807, 2.05) is 13.0 Å². The van der Waals surface area contributed by atoms with Crippen LogP contribution in [0.4, 0.5) is 18.9 Å². The van der Waals surface area contributed by atoms with Crippen molar-refractivity contribution in [1.82, 2.24) is 15.1 Å². The van der Waals surface area contributed by atoms with Crippen LogP contribution in [0, 0.1) is 19.8 Å². The largest absolute Gasteiger partial charge is 0.436 e. The molecule has 0 bridgehead atoms. The van der Waals surface area contributed by atoms with Crippen molar-refractivity contribution in [3.63, 3.8) is 0 Å². The maximum Gasteiger partial charge on any atom is 0.436 e. The van der Waals surface area contributed by atoms with Crippen LogP contribution in [0.1, 0.15) is 36.7 Å². The van der Waals surface area contributed by atoms with Crippen molar-refractivity contribution in [3.05, 3.63) is 44.2 Å². The Hall–Kier alpha value is -1.64. The number of nitrogens with zero attached hydrogens (tertiary/aromatic N) is 3. The molecule has 0 aliphatic carbocycles. The molecule has 1 unspecified atom stereocenters. The molecule has 2 heterocycles. The summed E-state index contributed by atoms with van der Waals surface area (Å²) in [7, 11) is 0. The lowest BCUT2D eigenvalue weighted by molar-refractivity contribution is -0.141. The molecule has 2 aromatic rings. The number of carbonyl (C=O) groups is 1. The fourth-order valence-corrected chi connectivity index (χ4v) is 4.82. The zero-order valence-corrected chi connectivity index (χ0v) is 20.1. The number of hydrogen-bond acceptors (Lipinski definition) is 3. The Balaban J connectivity index is 1.76. The Bertz CT molecular complexity index is 1000. The monoisotopic (exact) mass is 510 g/mol. The first kappa shape index (κ1) is 25.0. The number of carbonyl (C=O) groups excluding carboxylic acids is 1. The summed E-state index contributed by atoms with van der Waals surface area (Å²) in [4.78, 5) is 14.0. The molecule has 3 rings (SSSR count). The smallest absolute Gasteiger partial charge is 0.370 e. The number of amides is 1. The number of aromatic nitrogens is 2. The van der Waals surface area contributed by atoms with Gasteiger partial charge in [0, 0.05) is 25.0 Å². The van der Waals surface area contributed by atoms with E-state index in [1.165, 1.54) is 18.5 Å². The quantitative estimate of drug-likeness (QED) is 0.544. The molecule has 1 N–H and O–H groups in total. The standard InChI is InChI=1S/C21H24Cl3F3N4O/c1-11-8-18(16(23)9-15(11)22)30-6-4-14(5-7-30)17(28-13(3)32)10-31-12(2)19(24)20(29-31)21(25,26)27/h8-9,14,17H,4-7,10H2,1-3H3,(H,28,32). The second-order valence-corrected chi connectivity index (χ2v) is 9.30. The molecule has 1 amide bonds. The number of rotatable bonds is 5. The molecule has 0 spiro atoms. The highest BCUT2D eigenvalue weighted by atomic mass is 35.5. The fraction of sp³-hybridized carbons (Fsp3) is 0.524. The van der Waals surface area contributed by atoms with Gasteiger partial charge in [0.25, 0.3) is 0 Å². The Kier molecular flexibility index (Phi) is 7.57. The number of benzene rings is 1. The van der Waals surface area contributed by atoms with Crippen LogP contribution in [0.15, 0.2) is 12.1 Å². The third-order valence-corrected chi connectivity index (χ3v) is 7.00. The Morgan fingerprint density at radius 3 is 2.34 bits per heavy atom. The maximum absolute atomic E-state index is 13.2. The first-order chi connectivity index (χ1) is 14.9. The zero-order chi connectivity index (χ0) is 23.8. The lowest BCUT2D eigenvalue weighted by Crippen LogP contribution is -2.47. The normalized spacial score (nSPS) is 16.3. The molecule has 5 nitrogen and oxygen atoms in total. The summed E-state index contributed by atoms with van der Waals surface area (Å²) in [6.45, 7) is 6.27. The van der Waals surface area contributed by atoms with Gasteiger partial charge < -0.3 is 10.2 Å². The van der Waals surface area contributed by atoms with Crippen molar-refractivity contribution >= 4 is 46.4 Å². The molecule has 1 saturated heterocycles. The number of halogens is 6. The molecule has 1 aliphatic heterocycles. The molecule has 1 aromatic carbocycles. The molecule has 0 radical (unpaired) electrons. The summed E-state index contributed by atoms with van der Waals surface area (Å²) in [5.41, 5.74) is 0.930. The highest BCUT2D eigenvalue weighted by Gasteiger charge is 2.39. The average Bonchev–Trinajstić information content (AvgIpc) is 2.99. The van der Waals surface area contributed by atoms with E-state index in [0.717, 1.165) is 24.1 Å². The Morgan fingerprint density at radius 1 is 1.19 bits per heavy atom. The first-order valence-electron chi connectivity index (χ1n) is 10.2. The van der Waals surface area contributed by atoms with E-state index in [9.17, 15) is 18.0 Å². The van der Waals surface area contributed by atoms with Crippen LogP contribution in [-0.2, 0) is 17.5 Å². The van der Waals surface area contributed by atoms with Crippen molar-refractivity contribution in [2.75, 3.05) is 18.0 Å². The average molecular weight is 512 g/mol. The number of anilines is 1. The summed E-state index contributed by atoms with van der Waals surface area (Å²) in [6, 6.07) is 3.29. The Labute approximate surface area is 199 Å². The van der Waals surface area contributed by atoms with Gasteiger partial charge in [0.2, 0.25) is 5.91 Å². The van der Waals surface area contributed by atoms with Gasteiger partial charge >= 0.3 is 6.18 Å². The van der Waals surface area contributed by atoms with E-state index in [4.69, 9.17) is 34.8 Å². The van der Waals surface area contributed by atoms with Gasteiger partial charge in [0.1, 0.15) is 0 Å². The van der Waals surface area contributed by atoms with Crippen LogP contribution in [0.5, 0.6) is 0 Å². The first-order valence-corrected chi connectivity index (χ1v) is 11.3. The molecular formula is C21H24Cl3F3N4O. The number of aryl methyl sites for hydroxylation is 1. The van der Waals surface area contributed by atoms with Gasteiger partial charge in [0.15, 0.2) is 5.69 Å². The molecule has 1 atom stereocenters. The van der Waals surface area contributed by atoms with Gasteiger partial charge in [-0.25, -0.2) is 0 Å². The highest BCUT2D eigenvalue weighted by Crippen LogP contribution is 2.37. The van der Waals surface area contributed by atoms with Crippen LogP contribution in [0.3, 0.4) is 0 Å². The summed E-state index contributed by atoms with van der Waals surface area (Å²) >= 11 is 18.4. The van der Waals surface area contributed by atoms with Crippen molar-refractivity contribution in [3.8, 4) is 0 Å². The number of hydrogen-bond donors (Lipinski definition) is 1. The summed E-state index contributed by atoms with van der Waals surface area (Å²) < 4.78 is 40.8. The van der Waals surface area contributed by atoms with Crippen LogP contribution >= 0.6 is 34.8 Å². The number of piperidine rings is 1. The predicted molar refractivity (Wildman–Crippen MR) is 121 cm³/mol. The number of alkyl halides is 3. The molecule has 176 valence electrons. The summed E-state index contributed by atoms with van der Waals surface area (Å²) in [5, 5.41) is 7.33. The molecule has 1 aliphatic rings. The molecule has 11 heteroatoms. The Morgan fingerprint density at radius 2 is 1.81 bits per heavy atom. The van der Waals surface area contributed by atoms with Crippen molar-refractivity contribution in [2.45, 2.75) is 52.4 Å². The molecule has 1 aromatic heterocycles. The van der Waals surface area contributed by atoms with E-state index in [-0.39, 0.29) is 30.1 Å². The van der Waals surface area contributed by atoms with E-state index >= 15 is 0 Å². The lowest BCUT2D eigenvalue weighted by atomic mass is 9.88. The minimum atomic E-state index is -4.64. The van der Waals surface area contributed by atoms with E-state index in [1.54, 1.807) is 6.07 Å². The van der Waals surface area contributed by atoms with E-state index in [2.05, 4.69) is 15.3 Å². The van der Waals surface area contributed by atoms with E-state index < -0.39 is 16.9 Å². The lowest BCUT2D eigenvalue weighted by Gasteiger charge is -2.38. The number of nitrogens with one attached hydrogen (secondary N) is 1. The van der Waals surface area contributed by atoms with Gasteiger partial charge in [-0.3, -0.25) is 9.48 Å². The summed E-state index contributed by atoms with van der Waals surface area (Å²) in [6.07, 6.45) is -3.19. The van der Waals surface area contributed by atoms with Crippen molar-refractivity contribution in [1.29, 1.82) is 0 Å². The van der Waals surface area contributed by atoms with E-state index in [0.29, 0.717) is 23.1 Å². The minimum absolute atomic E-state index is 0.0547. The summed E-state index contributed by atoms with van der Waals surface area (Å²) in [5.74, 6) is -0.195. The van der Waals surface area contributed by atoms with Crippen molar-refractivity contribution < 1.29 is 18.0 Å². The predicted octanol–water partition coefficient (Wildman–Crippen LogP) is 5.90. The third kappa shape index (κ3) is 5.46. The van der Waals surface area contributed by atoms with Gasteiger partial charge in [-0.1, -0.05) is 34.8 Å². The SMILES string of the molecule is CC(=O)NC(Cn1nc(C(F)(F)F)c(Cl)c1C)C1CCN(c2cc(C)c(Cl)cc2Cl)CC1. The maximum atomic E-state index is 13.2.